The lowest BCUT2D eigenvalue weighted by Crippen LogP contribution is -2.48. The van der Waals surface area contributed by atoms with Crippen LogP contribution in [0.2, 0.25) is 5.02 Å². The Morgan fingerprint density at radius 3 is 2.73 bits per heavy atom. The summed E-state index contributed by atoms with van der Waals surface area (Å²) in [5.74, 6) is -0.0172. The molecule has 1 amide bonds. The first-order valence-corrected chi connectivity index (χ1v) is 9.41. The maximum Gasteiger partial charge on any atom is 0.254 e. The number of nitrogens with zero attached hydrogens (tertiary/aromatic N) is 2. The second-order valence-corrected chi connectivity index (χ2v) is 7.47. The molecule has 2 unspecified atom stereocenters. The minimum atomic E-state index is -0.0172. The van der Waals surface area contributed by atoms with Crippen LogP contribution in [-0.2, 0) is 6.42 Å². The van der Waals surface area contributed by atoms with Crippen molar-refractivity contribution in [3.8, 4) is 5.69 Å². The Hall–Kier alpha value is -1.56. The van der Waals surface area contributed by atoms with E-state index in [4.69, 9.17) is 11.6 Å². The van der Waals surface area contributed by atoms with Crippen molar-refractivity contribution in [1.29, 1.82) is 0 Å². The van der Waals surface area contributed by atoms with Crippen molar-refractivity contribution < 1.29 is 4.79 Å². The standard InChI is InChI=1S/C19H23ClN4O.ClH/c1-2-18-17(11-21-24(18)16-5-3-4-12(20)8-16)19(25)23-15-9-13-6-7-14(10-15)22-13;/h3-5,8,11,13-15,22H,2,6-7,9-10H2,1H3,(H,23,25);1H. The van der Waals surface area contributed by atoms with Crippen LogP contribution in [-0.4, -0.2) is 33.8 Å². The summed E-state index contributed by atoms with van der Waals surface area (Å²) >= 11 is 6.10. The van der Waals surface area contributed by atoms with Crippen LogP contribution in [0.5, 0.6) is 0 Å². The predicted molar refractivity (Wildman–Crippen MR) is 106 cm³/mol. The van der Waals surface area contributed by atoms with Gasteiger partial charge < -0.3 is 10.6 Å². The maximum atomic E-state index is 12.8. The van der Waals surface area contributed by atoms with E-state index in [0.717, 1.165) is 30.6 Å². The molecule has 2 fully saturated rings. The Labute approximate surface area is 164 Å². The number of amides is 1. The van der Waals surface area contributed by atoms with Crippen molar-refractivity contribution in [2.75, 3.05) is 0 Å². The number of rotatable bonds is 4. The number of hydrogen-bond donors (Lipinski definition) is 2. The molecular weight excluding hydrogens is 371 g/mol. The first-order chi connectivity index (χ1) is 12.1. The van der Waals surface area contributed by atoms with E-state index < -0.39 is 0 Å². The third-order valence-corrected chi connectivity index (χ3v) is 5.54. The highest BCUT2D eigenvalue weighted by Gasteiger charge is 2.34. The van der Waals surface area contributed by atoms with Crippen molar-refractivity contribution in [2.45, 2.75) is 57.2 Å². The first-order valence-electron chi connectivity index (χ1n) is 9.03. The Morgan fingerprint density at radius 2 is 2.08 bits per heavy atom. The van der Waals surface area contributed by atoms with Gasteiger partial charge in [0.05, 0.1) is 23.1 Å². The molecule has 7 heteroatoms. The minimum Gasteiger partial charge on any atom is -0.349 e. The van der Waals surface area contributed by atoms with Gasteiger partial charge in [-0.2, -0.15) is 5.10 Å². The van der Waals surface area contributed by atoms with Crippen LogP contribution in [0.4, 0.5) is 0 Å². The van der Waals surface area contributed by atoms with Gasteiger partial charge >= 0.3 is 0 Å². The number of benzene rings is 1. The first kappa shape index (κ1) is 19.2. The van der Waals surface area contributed by atoms with Gasteiger partial charge in [0.2, 0.25) is 0 Å². The zero-order chi connectivity index (χ0) is 17.4. The van der Waals surface area contributed by atoms with Crippen LogP contribution in [0.3, 0.4) is 0 Å². The summed E-state index contributed by atoms with van der Waals surface area (Å²) in [4.78, 5) is 12.8. The van der Waals surface area contributed by atoms with Gasteiger partial charge in [-0.05, 0) is 50.3 Å². The predicted octanol–water partition coefficient (Wildman–Crippen LogP) is 3.52. The summed E-state index contributed by atoms with van der Waals surface area (Å²) in [6.45, 7) is 2.04. The molecule has 2 atom stereocenters. The molecule has 0 spiro atoms. The van der Waals surface area contributed by atoms with E-state index >= 15 is 0 Å². The SMILES string of the molecule is CCc1c(C(=O)NC2CC3CCC(C2)N3)cnn1-c1cccc(Cl)c1.Cl. The maximum absolute atomic E-state index is 12.8. The number of halogens is 2. The molecule has 2 bridgehead atoms. The third kappa shape index (κ3) is 3.75. The van der Waals surface area contributed by atoms with E-state index in [1.807, 2.05) is 35.9 Å². The molecule has 2 N–H and O–H groups in total. The van der Waals surface area contributed by atoms with Gasteiger partial charge in [0, 0.05) is 23.1 Å². The number of carbonyl (C=O) groups excluding carboxylic acids is 1. The zero-order valence-electron chi connectivity index (χ0n) is 14.7. The second-order valence-electron chi connectivity index (χ2n) is 7.03. The van der Waals surface area contributed by atoms with Crippen LogP contribution in [0, 0.1) is 0 Å². The number of nitrogens with one attached hydrogen (secondary N) is 2. The molecule has 2 saturated heterocycles. The summed E-state index contributed by atoms with van der Waals surface area (Å²) in [5, 5.41) is 11.9. The molecule has 140 valence electrons. The fraction of sp³-hybridized carbons (Fsp3) is 0.474. The van der Waals surface area contributed by atoms with Gasteiger partial charge in [-0.25, -0.2) is 4.68 Å². The van der Waals surface area contributed by atoms with Crippen molar-refractivity contribution in [3.63, 3.8) is 0 Å². The lowest BCUT2D eigenvalue weighted by Gasteiger charge is -2.29. The topological polar surface area (TPSA) is 59.0 Å². The van der Waals surface area contributed by atoms with Crippen molar-refractivity contribution >= 4 is 29.9 Å². The van der Waals surface area contributed by atoms with Crippen molar-refractivity contribution in [3.05, 3.63) is 46.7 Å². The molecule has 1 aromatic heterocycles. The van der Waals surface area contributed by atoms with E-state index in [9.17, 15) is 4.79 Å². The van der Waals surface area contributed by atoms with Crippen molar-refractivity contribution in [1.82, 2.24) is 20.4 Å². The van der Waals surface area contributed by atoms with Crippen molar-refractivity contribution in [2.24, 2.45) is 0 Å². The molecule has 2 aliphatic rings. The smallest absolute Gasteiger partial charge is 0.254 e. The highest BCUT2D eigenvalue weighted by molar-refractivity contribution is 6.30. The average molecular weight is 395 g/mol. The van der Waals surface area contributed by atoms with Gasteiger partial charge in [0.15, 0.2) is 0 Å². The fourth-order valence-corrected chi connectivity index (χ4v) is 4.36. The molecule has 3 heterocycles. The molecule has 1 aromatic carbocycles. The van der Waals surface area contributed by atoms with Gasteiger partial charge in [0.1, 0.15) is 0 Å². The van der Waals surface area contributed by atoms with Crippen LogP contribution < -0.4 is 10.6 Å². The van der Waals surface area contributed by atoms with E-state index in [1.54, 1.807) is 6.20 Å². The highest BCUT2D eigenvalue weighted by atomic mass is 35.5. The third-order valence-electron chi connectivity index (χ3n) is 5.31. The summed E-state index contributed by atoms with van der Waals surface area (Å²) in [6.07, 6.45) is 6.89. The van der Waals surface area contributed by atoms with Crippen LogP contribution in [0.15, 0.2) is 30.5 Å². The van der Waals surface area contributed by atoms with Gasteiger partial charge in [-0.1, -0.05) is 24.6 Å². The largest absolute Gasteiger partial charge is 0.349 e. The molecular formula is C19H24Cl2N4O. The van der Waals surface area contributed by atoms with Gasteiger partial charge in [0.25, 0.3) is 5.91 Å². The summed E-state index contributed by atoms with van der Waals surface area (Å²) in [6, 6.07) is 8.91. The van der Waals surface area contributed by atoms with Crippen LogP contribution >= 0.6 is 24.0 Å². The summed E-state index contributed by atoms with van der Waals surface area (Å²) in [7, 11) is 0. The monoisotopic (exact) mass is 394 g/mol. The Morgan fingerprint density at radius 1 is 1.35 bits per heavy atom. The van der Waals surface area contributed by atoms with Gasteiger partial charge in [-0.15, -0.1) is 12.4 Å². The number of aromatic nitrogens is 2. The fourth-order valence-electron chi connectivity index (χ4n) is 4.17. The lowest BCUT2D eigenvalue weighted by atomic mass is 9.99. The van der Waals surface area contributed by atoms with E-state index in [0.29, 0.717) is 22.7 Å². The Bertz CT molecular complexity index is 780. The quantitative estimate of drug-likeness (QED) is 0.833. The molecule has 2 aliphatic heterocycles. The second kappa shape index (κ2) is 7.99. The number of carbonyl (C=O) groups is 1. The van der Waals surface area contributed by atoms with Crippen LogP contribution in [0.1, 0.15) is 48.7 Å². The summed E-state index contributed by atoms with van der Waals surface area (Å²) < 4.78 is 1.81. The van der Waals surface area contributed by atoms with Gasteiger partial charge in [-0.3, -0.25) is 4.79 Å². The molecule has 26 heavy (non-hydrogen) atoms. The molecule has 5 nitrogen and oxygen atoms in total. The zero-order valence-corrected chi connectivity index (χ0v) is 16.3. The molecule has 0 radical (unpaired) electrons. The highest BCUT2D eigenvalue weighted by Crippen LogP contribution is 2.27. The van der Waals surface area contributed by atoms with E-state index in [-0.39, 0.29) is 24.4 Å². The molecule has 0 aliphatic carbocycles. The molecule has 4 rings (SSSR count). The number of hydrogen-bond acceptors (Lipinski definition) is 3. The number of fused-ring (bicyclic) bond motifs is 2. The number of piperidine rings is 1. The lowest BCUT2D eigenvalue weighted by molar-refractivity contribution is 0.0923. The molecule has 2 aromatic rings. The van der Waals surface area contributed by atoms with Crippen LogP contribution in [0.25, 0.3) is 5.69 Å². The van der Waals surface area contributed by atoms with E-state index in [2.05, 4.69) is 15.7 Å². The van der Waals surface area contributed by atoms with E-state index in [1.165, 1.54) is 12.8 Å². The Kier molecular flexibility index (Phi) is 5.90. The molecule has 0 saturated carbocycles. The Balaban J connectivity index is 0.00000196. The average Bonchev–Trinajstić information content (AvgIpc) is 3.17. The summed E-state index contributed by atoms with van der Waals surface area (Å²) in [5.41, 5.74) is 2.45. The normalized spacial score (nSPS) is 24.2. The minimum absolute atomic E-state index is 0.